The molecule has 0 radical (unpaired) electrons. The van der Waals surface area contributed by atoms with E-state index in [4.69, 9.17) is 5.73 Å². The van der Waals surface area contributed by atoms with Gasteiger partial charge in [-0.1, -0.05) is 6.07 Å². The van der Waals surface area contributed by atoms with Crippen LogP contribution < -0.4 is 11.1 Å². The molecule has 0 unspecified atom stereocenters. The zero-order valence-electron chi connectivity index (χ0n) is 9.57. The van der Waals surface area contributed by atoms with Crippen molar-refractivity contribution in [3.8, 4) is 0 Å². The molecule has 0 aliphatic heterocycles. The van der Waals surface area contributed by atoms with Gasteiger partial charge in [0.1, 0.15) is 0 Å². The molecule has 4 heteroatoms. The van der Waals surface area contributed by atoms with E-state index in [1.807, 2.05) is 37.6 Å². The molecule has 0 fully saturated rings. The molecule has 1 aromatic carbocycles. The second-order valence-electron chi connectivity index (χ2n) is 3.95. The minimum Gasteiger partial charge on any atom is -0.399 e. The van der Waals surface area contributed by atoms with Gasteiger partial charge in [0.25, 0.3) is 0 Å². The van der Waals surface area contributed by atoms with Crippen LogP contribution in [-0.2, 0) is 13.6 Å². The first-order valence-electron chi connectivity index (χ1n) is 5.22. The summed E-state index contributed by atoms with van der Waals surface area (Å²) < 4.78 is 1.79. The van der Waals surface area contributed by atoms with Crippen LogP contribution in [0.1, 0.15) is 11.1 Å². The van der Waals surface area contributed by atoms with E-state index < -0.39 is 0 Å². The number of benzene rings is 1. The van der Waals surface area contributed by atoms with Gasteiger partial charge in [-0.25, -0.2) is 0 Å². The molecule has 1 aromatic heterocycles. The summed E-state index contributed by atoms with van der Waals surface area (Å²) in [5.74, 6) is 0. The predicted octanol–water partition coefficient (Wildman–Crippen LogP) is 1.92. The van der Waals surface area contributed by atoms with E-state index in [9.17, 15) is 0 Å². The molecule has 0 atom stereocenters. The fourth-order valence-corrected chi connectivity index (χ4v) is 1.59. The lowest BCUT2D eigenvalue weighted by molar-refractivity contribution is 0.767. The molecule has 0 aliphatic rings. The number of hydrogen-bond donors (Lipinski definition) is 2. The van der Waals surface area contributed by atoms with E-state index in [0.29, 0.717) is 0 Å². The summed E-state index contributed by atoms with van der Waals surface area (Å²) in [5.41, 5.74) is 9.94. The summed E-state index contributed by atoms with van der Waals surface area (Å²) in [6, 6.07) is 5.87. The summed E-state index contributed by atoms with van der Waals surface area (Å²) >= 11 is 0. The van der Waals surface area contributed by atoms with Gasteiger partial charge in [-0.3, -0.25) is 4.68 Å². The van der Waals surface area contributed by atoms with Gasteiger partial charge in [0.05, 0.1) is 6.20 Å². The van der Waals surface area contributed by atoms with Crippen LogP contribution in [0.3, 0.4) is 0 Å². The van der Waals surface area contributed by atoms with E-state index in [1.54, 1.807) is 4.68 Å². The summed E-state index contributed by atoms with van der Waals surface area (Å²) in [6.07, 6.45) is 3.85. The third-order valence-corrected chi connectivity index (χ3v) is 2.50. The highest BCUT2D eigenvalue weighted by Crippen LogP contribution is 2.18. The first-order valence-corrected chi connectivity index (χ1v) is 5.22. The number of nitrogens with one attached hydrogen (secondary N) is 1. The number of nitrogen functional groups attached to an aromatic ring is 1. The Balaban J connectivity index is 2.07. The molecule has 0 bridgehead atoms. The van der Waals surface area contributed by atoms with Crippen molar-refractivity contribution in [1.29, 1.82) is 0 Å². The highest BCUT2D eigenvalue weighted by atomic mass is 15.2. The van der Waals surface area contributed by atoms with Crippen molar-refractivity contribution in [1.82, 2.24) is 9.78 Å². The van der Waals surface area contributed by atoms with E-state index >= 15 is 0 Å². The highest BCUT2D eigenvalue weighted by Gasteiger charge is 2.00. The number of aromatic nitrogens is 2. The number of nitrogens with zero attached hydrogens (tertiary/aromatic N) is 2. The Morgan fingerprint density at radius 3 is 2.94 bits per heavy atom. The van der Waals surface area contributed by atoms with Gasteiger partial charge in [0.15, 0.2) is 0 Å². The maximum atomic E-state index is 5.74. The summed E-state index contributed by atoms with van der Waals surface area (Å²) in [7, 11) is 1.91. The van der Waals surface area contributed by atoms with Gasteiger partial charge in [-0.15, -0.1) is 0 Å². The molecule has 0 aliphatic carbocycles. The van der Waals surface area contributed by atoms with Gasteiger partial charge >= 0.3 is 0 Å². The van der Waals surface area contributed by atoms with Crippen LogP contribution in [0.4, 0.5) is 11.4 Å². The molecule has 0 spiro atoms. The van der Waals surface area contributed by atoms with Crippen molar-refractivity contribution in [2.75, 3.05) is 11.1 Å². The molecule has 3 N–H and O–H groups in total. The smallest absolute Gasteiger partial charge is 0.0539 e. The molecule has 2 rings (SSSR count). The lowest BCUT2D eigenvalue weighted by Gasteiger charge is -2.09. The van der Waals surface area contributed by atoms with Crippen molar-refractivity contribution < 1.29 is 0 Å². The quantitative estimate of drug-likeness (QED) is 0.771. The topological polar surface area (TPSA) is 55.9 Å². The largest absolute Gasteiger partial charge is 0.399 e. The van der Waals surface area contributed by atoms with Gasteiger partial charge < -0.3 is 11.1 Å². The van der Waals surface area contributed by atoms with Gasteiger partial charge in [0, 0.05) is 36.7 Å². The van der Waals surface area contributed by atoms with Gasteiger partial charge in [-0.05, 0) is 24.6 Å². The molecule has 0 saturated carbocycles. The van der Waals surface area contributed by atoms with Crippen molar-refractivity contribution >= 4 is 11.4 Å². The van der Waals surface area contributed by atoms with Crippen LogP contribution in [0, 0.1) is 6.92 Å². The molecule has 2 aromatic rings. The third kappa shape index (κ3) is 2.34. The Labute approximate surface area is 95.1 Å². The normalized spacial score (nSPS) is 10.4. The van der Waals surface area contributed by atoms with Crippen LogP contribution in [-0.4, -0.2) is 9.78 Å². The number of hydrogen-bond acceptors (Lipinski definition) is 3. The summed E-state index contributed by atoms with van der Waals surface area (Å²) in [6.45, 7) is 2.82. The highest BCUT2D eigenvalue weighted by molar-refractivity contribution is 5.59. The van der Waals surface area contributed by atoms with Crippen LogP contribution >= 0.6 is 0 Å². The van der Waals surface area contributed by atoms with Crippen LogP contribution in [0.5, 0.6) is 0 Å². The Morgan fingerprint density at radius 2 is 2.25 bits per heavy atom. The Bertz CT molecular complexity index is 488. The maximum Gasteiger partial charge on any atom is 0.0539 e. The van der Waals surface area contributed by atoms with E-state index in [-0.39, 0.29) is 0 Å². The van der Waals surface area contributed by atoms with Crippen molar-refractivity contribution in [3.05, 3.63) is 41.7 Å². The standard InChI is InChI=1S/C12H16N4/c1-9-3-4-11(13)5-12(9)14-6-10-7-15-16(2)8-10/h3-5,7-8,14H,6,13H2,1-2H3. The van der Waals surface area contributed by atoms with E-state index in [2.05, 4.69) is 17.3 Å². The Kier molecular flexibility index (Phi) is 2.81. The fourth-order valence-electron chi connectivity index (χ4n) is 1.59. The van der Waals surface area contributed by atoms with Crippen LogP contribution in [0.2, 0.25) is 0 Å². The summed E-state index contributed by atoms with van der Waals surface area (Å²) in [4.78, 5) is 0. The first-order chi connectivity index (χ1) is 7.65. The molecule has 0 saturated heterocycles. The molecule has 0 amide bonds. The molecule has 4 nitrogen and oxygen atoms in total. The predicted molar refractivity (Wildman–Crippen MR) is 66.1 cm³/mol. The maximum absolute atomic E-state index is 5.74. The SMILES string of the molecule is Cc1ccc(N)cc1NCc1cnn(C)c1. The second kappa shape index (κ2) is 4.26. The van der Waals surface area contributed by atoms with Crippen molar-refractivity contribution in [3.63, 3.8) is 0 Å². The van der Waals surface area contributed by atoms with Crippen LogP contribution in [0.25, 0.3) is 0 Å². The zero-order chi connectivity index (χ0) is 11.5. The number of nitrogens with two attached hydrogens (primary N) is 1. The average molecular weight is 216 g/mol. The van der Waals surface area contributed by atoms with E-state index in [1.165, 1.54) is 5.56 Å². The molecular formula is C12H16N4. The van der Waals surface area contributed by atoms with E-state index in [0.717, 1.165) is 23.5 Å². The molecule has 16 heavy (non-hydrogen) atoms. The number of anilines is 2. The van der Waals surface area contributed by atoms with Gasteiger partial charge in [0.2, 0.25) is 0 Å². The minimum atomic E-state index is 0.762. The lowest BCUT2D eigenvalue weighted by atomic mass is 10.2. The van der Waals surface area contributed by atoms with Crippen LogP contribution in [0.15, 0.2) is 30.6 Å². The third-order valence-electron chi connectivity index (χ3n) is 2.50. The fraction of sp³-hybridized carbons (Fsp3) is 0.250. The molecule has 84 valence electrons. The van der Waals surface area contributed by atoms with Crippen molar-refractivity contribution in [2.45, 2.75) is 13.5 Å². The monoisotopic (exact) mass is 216 g/mol. The minimum absolute atomic E-state index is 0.762. The number of aryl methyl sites for hydroxylation is 2. The molecule has 1 heterocycles. The summed E-state index contributed by atoms with van der Waals surface area (Å²) in [5, 5.41) is 7.47. The molecular weight excluding hydrogens is 200 g/mol. The second-order valence-corrected chi connectivity index (χ2v) is 3.95. The first kappa shape index (κ1) is 10.5. The van der Waals surface area contributed by atoms with Gasteiger partial charge in [-0.2, -0.15) is 5.10 Å². The number of rotatable bonds is 3. The Morgan fingerprint density at radius 1 is 1.44 bits per heavy atom. The average Bonchev–Trinajstić information content (AvgIpc) is 2.66. The lowest BCUT2D eigenvalue weighted by Crippen LogP contribution is -2.01. The van der Waals surface area contributed by atoms with Crippen molar-refractivity contribution in [2.24, 2.45) is 7.05 Å². The Hall–Kier alpha value is -1.97. The zero-order valence-corrected chi connectivity index (χ0v) is 9.57.